The van der Waals surface area contributed by atoms with Crippen LogP contribution in [-0.2, 0) is 14.9 Å². The minimum absolute atomic E-state index is 0.0833. The van der Waals surface area contributed by atoms with E-state index < -0.39 is 16.8 Å². The highest BCUT2D eigenvalue weighted by atomic mass is 35.5. The van der Waals surface area contributed by atoms with Gasteiger partial charge in [0, 0.05) is 32.6 Å². The summed E-state index contributed by atoms with van der Waals surface area (Å²) in [4.78, 5) is 17.3. The summed E-state index contributed by atoms with van der Waals surface area (Å²) in [5.41, 5.74) is 2.53. The predicted octanol–water partition coefficient (Wildman–Crippen LogP) is 5.34. The second-order valence-corrected chi connectivity index (χ2v) is 11.4. The highest BCUT2D eigenvalue weighted by Gasteiger charge is 2.41. The van der Waals surface area contributed by atoms with Gasteiger partial charge >= 0.3 is 0 Å². The molecule has 2 heterocycles. The number of halogens is 1. The van der Waals surface area contributed by atoms with Crippen molar-refractivity contribution in [1.82, 2.24) is 4.98 Å². The zero-order chi connectivity index (χ0) is 26.0. The number of aromatic nitrogens is 1. The summed E-state index contributed by atoms with van der Waals surface area (Å²) >= 11 is 6.22. The number of carbonyl (C=O) groups excluding carboxylic acids is 1. The van der Waals surface area contributed by atoms with Crippen molar-refractivity contribution in [3.05, 3.63) is 63.3 Å². The first-order valence-electron chi connectivity index (χ1n) is 12.0. The summed E-state index contributed by atoms with van der Waals surface area (Å²) in [6.45, 7) is 11.8. The Labute approximate surface area is 215 Å². The van der Waals surface area contributed by atoms with Crippen LogP contribution in [0.1, 0.15) is 74.3 Å². The number of fused-ring (bicyclic) bond motifs is 4. The Hall–Kier alpha value is -2.82. The molecule has 0 amide bonds. The van der Waals surface area contributed by atoms with E-state index in [-0.39, 0.29) is 18.5 Å². The summed E-state index contributed by atoms with van der Waals surface area (Å²) in [6, 6.07) is 9.18. The normalized spacial score (nSPS) is 20.0. The molecule has 7 heteroatoms. The number of aromatic amines is 1. The molecule has 1 atom stereocenters. The third kappa shape index (κ3) is 4.42. The summed E-state index contributed by atoms with van der Waals surface area (Å²) in [7, 11) is 0. The number of ketones is 1. The van der Waals surface area contributed by atoms with E-state index in [1.54, 1.807) is 26.0 Å². The Morgan fingerprint density at radius 1 is 1.22 bits per heavy atom. The maximum Gasteiger partial charge on any atom is 0.195 e. The van der Waals surface area contributed by atoms with Crippen LogP contribution in [0.3, 0.4) is 0 Å². The first-order valence-corrected chi connectivity index (χ1v) is 12.4. The molecule has 1 unspecified atom stereocenters. The number of H-pyrrole nitrogens is 1. The van der Waals surface area contributed by atoms with Crippen LogP contribution in [-0.4, -0.2) is 46.6 Å². The molecule has 2 N–H and O–H groups in total. The number of ether oxygens (including phenoxy) is 3. The van der Waals surface area contributed by atoms with Gasteiger partial charge in [0.25, 0.3) is 0 Å². The molecule has 1 aliphatic heterocycles. The van der Waals surface area contributed by atoms with Gasteiger partial charge in [-0.15, -0.1) is 0 Å². The van der Waals surface area contributed by atoms with Gasteiger partial charge in [-0.05, 0) is 57.5 Å². The Balaban J connectivity index is 1.62. The maximum atomic E-state index is 13.8. The minimum Gasteiger partial charge on any atom is -0.489 e. The molecule has 3 aromatic rings. The van der Waals surface area contributed by atoms with Gasteiger partial charge in [-0.3, -0.25) is 4.79 Å². The molecule has 1 aliphatic carbocycles. The predicted molar refractivity (Wildman–Crippen MR) is 139 cm³/mol. The van der Waals surface area contributed by atoms with Crippen molar-refractivity contribution in [3.8, 4) is 17.6 Å². The van der Waals surface area contributed by atoms with Crippen LogP contribution in [0.25, 0.3) is 10.9 Å². The van der Waals surface area contributed by atoms with Gasteiger partial charge in [-0.1, -0.05) is 43.4 Å². The summed E-state index contributed by atoms with van der Waals surface area (Å²) in [6.07, 6.45) is -0.231. The lowest BCUT2D eigenvalue weighted by molar-refractivity contribution is -0.141. The van der Waals surface area contributed by atoms with Gasteiger partial charge in [0.2, 0.25) is 0 Å². The van der Waals surface area contributed by atoms with Gasteiger partial charge in [0.05, 0.1) is 17.7 Å². The van der Waals surface area contributed by atoms with E-state index in [1.807, 2.05) is 32.0 Å². The lowest BCUT2D eigenvalue weighted by Gasteiger charge is -2.33. The van der Waals surface area contributed by atoms with Crippen molar-refractivity contribution in [2.24, 2.45) is 0 Å². The number of nitrogens with one attached hydrogen (secondary N) is 1. The Kier molecular flexibility index (Phi) is 5.77. The van der Waals surface area contributed by atoms with E-state index in [0.717, 1.165) is 22.2 Å². The molecule has 6 nitrogen and oxygen atoms in total. The minimum atomic E-state index is -1.20. The summed E-state index contributed by atoms with van der Waals surface area (Å²) < 4.78 is 17.8. The van der Waals surface area contributed by atoms with E-state index in [4.69, 9.17) is 25.8 Å². The van der Waals surface area contributed by atoms with Crippen LogP contribution >= 0.6 is 11.6 Å². The molecule has 1 aromatic heterocycles. The molecule has 188 valence electrons. The van der Waals surface area contributed by atoms with Crippen LogP contribution in [0.4, 0.5) is 0 Å². The fourth-order valence-electron chi connectivity index (χ4n) is 4.89. The standard InChI is InChI=1S/C29H30ClNO5/c1-27(2,33)10-9-16-11-20-21(13-23(16)34-14-18-15-35-29(5,6)36-18)28(3,4)26-24(25(20)32)19-8-7-17(30)12-22(19)31-26/h7-8,11-13,18,31,33H,14-15H2,1-6H3. The summed E-state index contributed by atoms with van der Waals surface area (Å²) in [5, 5.41) is 11.7. The number of hydrogen-bond donors (Lipinski definition) is 2. The molecule has 1 fully saturated rings. The zero-order valence-electron chi connectivity index (χ0n) is 21.3. The van der Waals surface area contributed by atoms with E-state index in [9.17, 15) is 9.90 Å². The lowest BCUT2D eigenvalue weighted by Crippen LogP contribution is -2.31. The second kappa shape index (κ2) is 8.36. The molecular formula is C29H30ClNO5. The van der Waals surface area contributed by atoms with Crippen molar-refractivity contribution < 1.29 is 24.1 Å². The Morgan fingerprint density at radius 2 is 1.97 bits per heavy atom. The summed E-state index contributed by atoms with van der Waals surface area (Å²) in [5.74, 6) is 5.67. The maximum absolute atomic E-state index is 13.8. The van der Waals surface area contributed by atoms with Crippen molar-refractivity contribution in [2.75, 3.05) is 13.2 Å². The first-order chi connectivity index (χ1) is 16.7. The average molecular weight is 508 g/mol. The molecule has 2 aliphatic rings. The van der Waals surface area contributed by atoms with Crippen LogP contribution in [0.2, 0.25) is 5.02 Å². The van der Waals surface area contributed by atoms with Crippen LogP contribution in [0.5, 0.6) is 5.75 Å². The van der Waals surface area contributed by atoms with Crippen LogP contribution in [0, 0.1) is 11.8 Å². The number of rotatable bonds is 3. The van der Waals surface area contributed by atoms with Gasteiger partial charge in [-0.2, -0.15) is 0 Å². The average Bonchev–Trinajstić information content (AvgIpc) is 3.34. The highest BCUT2D eigenvalue weighted by molar-refractivity contribution is 6.31. The number of benzene rings is 2. The fraction of sp³-hybridized carbons (Fsp3) is 0.414. The SMILES string of the molecule is CC(C)(O)C#Cc1cc2c(cc1OCC1COC(C)(C)O1)C(C)(C)c1[nH]c3cc(Cl)ccc3c1C2=O. The second-order valence-electron chi connectivity index (χ2n) is 11.0. The third-order valence-corrected chi connectivity index (χ3v) is 6.88. The van der Waals surface area contributed by atoms with Gasteiger partial charge in [0.1, 0.15) is 24.1 Å². The zero-order valence-corrected chi connectivity index (χ0v) is 22.1. The molecule has 36 heavy (non-hydrogen) atoms. The quantitative estimate of drug-likeness (QED) is 0.467. The van der Waals surface area contributed by atoms with Crippen molar-refractivity contribution >= 4 is 28.3 Å². The first kappa shape index (κ1) is 24.9. The van der Waals surface area contributed by atoms with Crippen molar-refractivity contribution in [2.45, 2.75) is 64.4 Å². The molecule has 0 spiro atoms. The van der Waals surface area contributed by atoms with E-state index in [0.29, 0.717) is 34.1 Å². The van der Waals surface area contributed by atoms with Crippen molar-refractivity contribution in [3.63, 3.8) is 0 Å². The monoisotopic (exact) mass is 507 g/mol. The topological polar surface area (TPSA) is 80.8 Å². The number of hydrogen-bond acceptors (Lipinski definition) is 5. The smallest absolute Gasteiger partial charge is 0.195 e. The molecule has 0 radical (unpaired) electrons. The molecular weight excluding hydrogens is 478 g/mol. The van der Waals surface area contributed by atoms with Gasteiger partial charge in [0.15, 0.2) is 11.6 Å². The molecule has 1 saturated heterocycles. The molecule has 0 bridgehead atoms. The molecule has 5 rings (SSSR count). The van der Waals surface area contributed by atoms with Gasteiger partial charge < -0.3 is 24.3 Å². The van der Waals surface area contributed by atoms with Crippen LogP contribution < -0.4 is 4.74 Å². The van der Waals surface area contributed by atoms with Crippen molar-refractivity contribution in [1.29, 1.82) is 0 Å². The Bertz CT molecular complexity index is 1450. The molecule has 0 saturated carbocycles. The fourth-order valence-corrected chi connectivity index (χ4v) is 5.07. The lowest BCUT2D eigenvalue weighted by atomic mass is 9.71. The number of carbonyl (C=O) groups is 1. The Morgan fingerprint density at radius 3 is 2.64 bits per heavy atom. The van der Waals surface area contributed by atoms with E-state index >= 15 is 0 Å². The third-order valence-electron chi connectivity index (χ3n) is 6.65. The number of aliphatic hydroxyl groups is 1. The van der Waals surface area contributed by atoms with E-state index in [2.05, 4.69) is 30.7 Å². The van der Waals surface area contributed by atoms with E-state index in [1.165, 1.54) is 0 Å². The van der Waals surface area contributed by atoms with Gasteiger partial charge in [-0.25, -0.2) is 0 Å². The van der Waals surface area contributed by atoms with Crippen LogP contribution in [0.15, 0.2) is 30.3 Å². The molecule has 2 aromatic carbocycles. The highest BCUT2D eigenvalue weighted by Crippen LogP contribution is 2.45. The largest absolute Gasteiger partial charge is 0.489 e.